The van der Waals surface area contributed by atoms with E-state index in [0.717, 1.165) is 0 Å². The van der Waals surface area contributed by atoms with Crippen molar-refractivity contribution in [2.45, 2.75) is 6.92 Å². The Morgan fingerprint density at radius 2 is 2.35 bits per heavy atom. The number of urea groups is 1. The number of hydrogen-bond donors (Lipinski definition) is 2. The van der Waals surface area contributed by atoms with E-state index < -0.39 is 11.0 Å². The largest absolute Gasteiger partial charge is 0.433 e. The van der Waals surface area contributed by atoms with E-state index >= 15 is 0 Å². The van der Waals surface area contributed by atoms with Crippen LogP contribution in [0.3, 0.4) is 0 Å². The van der Waals surface area contributed by atoms with E-state index in [1.807, 2.05) is 5.43 Å². The summed E-state index contributed by atoms with van der Waals surface area (Å²) in [5.74, 6) is -0.0279. The van der Waals surface area contributed by atoms with E-state index in [1.54, 1.807) is 6.92 Å². The number of carbonyl (C=O) groups is 1. The molecule has 8 nitrogen and oxygen atoms in total. The maximum atomic E-state index is 10.3. The molecule has 0 saturated heterocycles. The molecule has 0 fully saturated rings. The normalized spacial score (nSPS) is 11.7. The highest BCUT2D eigenvalue weighted by Crippen LogP contribution is 2.16. The fourth-order valence-corrected chi connectivity index (χ4v) is 0.913. The lowest BCUT2D eigenvalue weighted by atomic mass is 10.3. The predicted octanol–water partition coefficient (Wildman–Crippen LogP) is 1.25. The van der Waals surface area contributed by atoms with Gasteiger partial charge in [-0.1, -0.05) is 0 Å². The van der Waals surface area contributed by atoms with Gasteiger partial charge in [0.25, 0.3) is 0 Å². The van der Waals surface area contributed by atoms with Gasteiger partial charge in [0.1, 0.15) is 10.7 Å². The lowest BCUT2D eigenvalue weighted by Crippen LogP contribution is -2.25. The molecule has 0 radical (unpaired) electrons. The fourth-order valence-electron chi connectivity index (χ4n) is 0.913. The van der Waals surface area contributed by atoms with Crippen LogP contribution in [0.2, 0.25) is 0 Å². The third kappa shape index (κ3) is 4.16. The third-order valence-electron chi connectivity index (χ3n) is 1.62. The van der Waals surface area contributed by atoms with Gasteiger partial charge in [-0.15, -0.1) is 0 Å². The average Bonchev–Trinajstić information content (AvgIpc) is 2.72. The van der Waals surface area contributed by atoms with Crippen LogP contribution in [0, 0.1) is 10.1 Å². The second-order valence-electron chi connectivity index (χ2n) is 3.00. The molecular formula is C9H10N4O4. The number of nitro groups is 1. The van der Waals surface area contributed by atoms with Crippen molar-refractivity contribution in [1.29, 1.82) is 0 Å². The molecule has 0 unspecified atom stereocenters. The molecule has 90 valence electrons. The standard InChI is InChI=1S/C9H10N4O4/c1-6(11-12-9(10)14)2-3-7-4-5-8(17-7)13(15)16/h2-5H,1H3,(H3,10,12,14)/b3-2+,11-6-. The van der Waals surface area contributed by atoms with Crippen LogP contribution in [0.1, 0.15) is 12.7 Å². The van der Waals surface area contributed by atoms with Gasteiger partial charge in [-0.3, -0.25) is 10.1 Å². The molecule has 1 aromatic rings. The number of hydrazone groups is 1. The first-order chi connectivity index (χ1) is 7.99. The zero-order chi connectivity index (χ0) is 12.8. The van der Waals surface area contributed by atoms with Crippen molar-refractivity contribution in [2.75, 3.05) is 0 Å². The number of carbonyl (C=O) groups excluding carboxylic acids is 1. The smallest absolute Gasteiger partial charge is 0.401 e. The van der Waals surface area contributed by atoms with Crippen molar-refractivity contribution < 1.29 is 14.1 Å². The Labute approximate surface area is 95.9 Å². The Kier molecular flexibility index (Phi) is 3.98. The molecule has 0 bridgehead atoms. The summed E-state index contributed by atoms with van der Waals surface area (Å²) in [7, 11) is 0. The quantitative estimate of drug-likeness (QED) is 0.465. The number of primary amides is 1. The average molecular weight is 238 g/mol. The van der Waals surface area contributed by atoms with E-state index in [2.05, 4.69) is 5.10 Å². The summed E-state index contributed by atoms with van der Waals surface area (Å²) in [6.45, 7) is 1.61. The molecule has 0 aliphatic rings. The van der Waals surface area contributed by atoms with Gasteiger partial charge in [0.05, 0.1) is 11.8 Å². The zero-order valence-corrected chi connectivity index (χ0v) is 8.91. The van der Waals surface area contributed by atoms with Crippen molar-refractivity contribution in [3.8, 4) is 0 Å². The van der Waals surface area contributed by atoms with Crippen molar-refractivity contribution in [1.82, 2.24) is 5.43 Å². The molecule has 0 aliphatic carbocycles. The monoisotopic (exact) mass is 238 g/mol. The lowest BCUT2D eigenvalue weighted by molar-refractivity contribution is -0.402. The summed E-state index contributed by atoms with van der Waals surface area (Å²) in [5, 5.41) is 13.9. The third-order valence-corrected chi connectivity index (χ3v) is 1.62. The summed E-state index contributed by atoms with van der Waals surface area (Å²) in [4.78, 5) is 20.0. The Balaban J connectivity index is 2.66. The van der Waals surface area contributed by atoms with Crippen LogP contribution >= 0.6 is 0 Å². The van der Waals surface area contributed by atoms with Crippen LogP contribution in [0.15, 0.2) is 27.7 Å². The van der Waals surface area contributed by atoms with Gasteiger partial charge < -0.3 is 10.2 Å². The van der Waals surface area contributed by atoms with E-state index in [9.17, 15) is 14.9 Å². The highest BCUT2D eigenvalue weighted by molar-refractivity contribution is 5.96. The Morgan fingerprint density at radius 1 is 1.65 bits per heavy atom. The number of nitrogens with one attached hydrogen (secondary N) is 1. The molecule has 3 N–H and O–H groups in total. The predicted molar refractivity (Wildman–Crippen MR) is 60.2 cm³/mol. The molecule has 8 heteroatoms. The van der Waals surface area contributed by atoms with Crippen LogP contribution in [0.5, 0.6) is 0 Å². The minimum Gasteiger partial charge on any atom is -0.401 e. The highest BCUT2D eigenvalue weighted by Gasteiger charge is 2.09. The van der Waals surface area contributed by atoms with Crippen molar-refractivity contribution in [2.24, 2.45) is 10.8 Å². The molecule has 1 aromatic heterocycles. The Morgan fingerprint density at radius 3 is 2.88 bits per heavy atom. The molecule has 1 heterocycles. The number of allylic oxidation sites excluding steroid dienone is 1. The summed E-state index contributed by atoms with van der Waals surface area (Å²) in [6, 6.07) is 1.92. The first-order valence-electron chi connectivity index (χ1n) is 4.51. The minimum absolute atomic E-state index is 0.310. The highest BCUT2D eigenvalue weighted by atomic mass is 16.6. The minimum atomic E-state index is -0.772. The second-order valence-corrected chi connectivity index (χ2v) is 3.00. The van der Waals surface area contributed by atoms with Crippen molar-refractivity contribution in [3.63, 3.8) is 0 Å². The number of hydrogen-bond acceptors (Lipinski definition) is 5. The summed E-state index contributed by atoms with van der Waals surface area (Å²) in [6.07, 6.45) is 2.99. The molecule has 0 aromatic carbocycles. The maximum Gasteiger partial charge on any atom is 0.433 e. The molecule has 0 saturated carbocycles. The van der Waals surface area contributed by atoms with Crippen LogP contribution in [0.25, 0.3) is 6.08 Å². The molecule has 1 rings (SSSR count). The van der Waals surface area contributed by atoms with Gasteiger partial charge in [0, 0.05) is 0 Å². The van der Waals surface area contributed by atoms with Gasteiger partial charge in [0.2, 0.25) is 0 Å². The molecule has 0 spiro atoms. The van der Waals surface area contributed by atoms with Gasteiger partial charge in [-0.25, -0.2) is 10.2 Å². The van der Waals surface area contributed by atoms with Crippen molar-refractivity contribution in [3.05, 3.63) is 34.1 Å². The van der Waals surface area contributed by atoms with Crippen LogP contribution in [0.4, 0.5) is 10.7 Å². The SMILES string of the molecule is CC(/C=C/c1ccc([N+](=O)[O-])o1)=N/NC(N)=O. The first kappa shape index (κ1) is 12.4. The summed E-state index contributed by atoms with van der Waals surface area (Å²) < 4.78 is 4.87. The zero-order valence-electron chi connectivity index (χ0n) is 8.91. The topological polar surface area (TPSA) is 124 Å². The van der Waals surface area contributed by atoms with E-state index in [-0.39, 0.29) is 5.88 Å². The maximum absolute atomic E-state index is 10.3. The van der Waals surface area contributed by atoms with E-state index in [0.29, 0.717) is 11.5 Å². The number of furan rings is 1. The van der Waals surface area contributed by atoms with Crippen LogP contribution in [-0.4, -0.2) is 16.7 Å². The fraction of sp³-hybridized carbons (Fsp3) is 0.111. The summed E-state index contributed by atoms with van der Waals surface area (Å²) >= 11 is 0. The number of nitrogens with zero attached hydrogens (tertiary/aromatic N) is 2. The lowest BCUT2D eigenvalue weighted by Gasteiger charge is -1.92. The van der Waals surface area contributed by atoms with Gasteiger partial charge >= 0.3 is 11.9 Å². The molecule has 0 atom stereocenters. The van der Waals surface area contributed by atoms with Gasteiger partial charge in [-0.05, 0) is 25.1 Å². The second kappa shape index (κ2) is 5.45. The number of amides is 2. The Hall–Kier alpha value is -2.64. The number of rotatable bonds is 4. The van der Waals surface area contributed by atoms with Gasteiger partial charge in [0.15, 0.2) is 0 Å². The number of nitrogens with two attached hydrogens (primary N) is 1. The van der Waals surface area contributed by atoms with E-state index in [4.69, 9.17) is 10.2 Å². The molecular weight excluding hydrogens is 228 g/mol. The van der Waals surface area contributed by atoms with E-state index in [1.165, 1.54) is 24.3 Å². The van der Waals surface area contributed by atoms with Crippen molar-refractivity contribution >= 4 is 23.7 Å². The Bertz CT molecular complexity index is 489. The first-order valence-corrected chi connectivity index (χ1v) is 4.51. The molecule has 17 heavy (non-hydrogen) atoms. The van der Waals surface area contributed by atoms with Gasteiger partial charge in [-0.2, -0.15) is 5.10 Å². The molecule has 0 aliphatic heterocycles. The summed E-state index contributed by atoms with van der Waals surface area (Å²) in [5.41, 5.74) is 7.31. The molecule has 2 amide bonds. The van der Waals surface area contributed by atoms with Crippen LogP contribution in [-0.2, 0) is 0 Å². The van der Waals surface area contributed by atoms with Crippen LogP contribution < -0.4 is 11.2 Å².